The van der Waals surface area contributed by atoms with Crippen molar-refractivity contribution in [3.05, 3.63) is 59.1 Å². The van der Waals surface area contributed by atoms with Crippen molar-refractivity contribution in [1.82, 2.24) is 0 Å². The molecule has 0 spiro atoms. The predicted octanol–water partition coefficient (Wildman–Crippen LogP) is 3.51. The largest absolute Gasteiger partial charge is 0.465 e. The summed E-state index contributed by atoms with van der Waals surface area (Å²) in [5.74, 6) is -0.973. The fourth-order valence-electron chi connectivity index (χ4n) is 2.39. The standard InChI is InChI=1S/C19H19ClN2O4/c1-13(23)22(17-8-3-5-14(11-17)19(25)26-2)10-9-18(24)21-16-7-4-6-15(20)12-16/h3-8,11-12H,9-10H2,1-2H3,(H,21,24). The lowest BCUT2D eigenvalue weighted by Crippen LogP contribution is -2.32. The van der Waals surface area contributed by atoms with E-state index in [9.17, 15) is 14.4 Å². The van der Waals surface area contributed by atoms with Crippen molar-refractivity contribution in [2.45, 2.75) is 13.3 Å². The van der Waals surface area contributed by atoms with E-state index in [-0.39, 0.29) is 24.8 Å². The fraction of sp³-hybridized carbons (Fsp3) is 0.211. The Balaban J connectivity index is 2.05. The van der Waals surface area contributed by atoms with E-state index in [0.29, 0.717) is 22.0 Å². The Bertz CT molecular complexity index is 823. The van der Waals surface area contributed by atoms with Gasteiger partial charge in [-0.1, -0.05) is 23.7 Å². The van der Waals surface area contributed by atoms with Gasteiger partial charge in [-0.2, -0.15) is 0 Å². The average Bonchev–Trinajstić information content (AvgIpc) is 2.61. The van der Waals surface area contributed by atoms with Gasteiger partial charge in [0.05, 0.1) is 12.7 Å². The third-order valence-electron chi connectivity index (χ3n) is 3.63. The summed E-state index contributed by atoms with van der Waals surface area (Å²) in [4.78, 5) is 37.2. The van der Waals surface area contributed by atoms with E-state index >= 15 is 0 Å². The van der Waals surface area contributed by atoms with Crippen molar-refractivity contribution in [3.63, 3.8) is 0 Å². The molecule has 6 nitrogen and oxygen atoms in total. The van der Waals surface area contributed by atoms with E-state index in [4.69, 9.17) is 11.6 Å². The van der Waals surface area contributed by atoms with Crippen LogP contribution in [0.3, 0.4) is 0 Å². The molecule has 1 N–H and O–H groups in total. The molecule has 2 aromatic rings. The van der Waals surface area contributed by atoms with Crippen LogP contribution >= 0.6 is 11.6 Å². The van der Waals surface area contributed by atoms with Gasteiger partial charge < -0.3 is 15.0 Å². The number of hydrogen-bond acceptors (Lipinski definition) is 4. The number of methoxy groups -OCH3 is 1. The summed E-state index contributed by atoms with van der Waals surface area (Å²) in [6.45, 7) is 1.58. The van der Waals surface area contributed by atoms with Gasteiger partial charge in [0.2, 0.25) is 11.8 Å². The monoisotopic (exact) mass is 374 g/mol. The molecule has 0 unspecified atom stereocenters. The number of nitrogens with zero attached hydrogens (tertiary/aromatic N) is 1. The lowest BCUT2D eigenvalue weighted by atomic mass is 10.1. The number of benzene rings is 2. The Morgan fingerprint density at radius 1 is 1.12 bits per heavy atom. The first-order chi connectivity index (χ1) is 12.4. The molecule has 2 rings (SSSR count). The molecule has 0 aliphatic rings. The first-order valence-electron chi connectivity index (χ1n) is 7.92. The molecule has 0 saturated heterocycles. The average molecular weight is 375 g/mol. The van der Waals surface area contributed by atoms with Crippen LogP contribution in [0, 0.1) is 0 Å². The number of amides is 2. The summed E-state index contributed by atoms with van der Waals surface area (Å²) in [5.41, 5.74) is 1.44. The quantitative estimate of drug-likeness (QED) is 0.785. The zero-order chi connectivity index (χ0) is 19.1. The molecule has 0 fully saturated rings. The number of hydrogen-bond donors (Lipinski definition) is 1. The molecule has 0 aromatic heterocycles. The molecular formula is C19H19ClN2O4. The first-order valence-corrected chi connectivity index (χ1v) is 8.30. The normalized spacial score (nSPS) is 10.1. The van der Waals surface area contributed by atoms with Crippen LogP contribution in [0.2, 0.25) is 5.02 Å². The van der Waals surface area contributed by atoms with Gasteiger partial charge in [-0.3, -0.25) is 9.59 Å². The second kappa shape index (κ2) is 9.01. The highest BCUT2D eigenvalue weighted by molar-refractivity contribution is 6.30. The molecule has 2 aromatic carbocycles. The highest BCUT2D eigenvalue weighted by atomic mass is 35.5. The number of esters is 1. The highest BCUT2D eigenvalue weighted by Gasteiger charge is 2.15. The van der Waals surface area contributed by atoms with Crippen LogP contribution in [0.5, 0.6) is 0 Å². The van der Waals surface area contributed by atoms with E-state index in [1.807, 2.05) is 0 Å². The molecule has 136 valence electrons. The lowest BCUT2D eigenvalue weighted by molar-refractivity contribution is -0.117. The van der Waals surface area contributed by atoms with Crippen molar-refractivity contribution < 1.29 is 19.1 Å². The van der Waals surface area contributed by atoms with Gasteiger partial charge in [-0.25, -0.2) is 4.79 Å². The number of halogens is 1. The Kier molecular flexibility index (Phi) is 6.74. The molecule has 2 amide bonds. The maximum atomic E-state index is 12.1. The Hall–Kier alpha value is -2.86. The maximum absolute atomic E-state index is 12.1. The maximum Gasteiger partial charge on any atom is 0.337 e. The molecule has 0 bridgehead atoms. The topological polar surface area (TPSA) is 75.7 Å². The summed E-state index contributed by atoms with van der Waals surface area (Å²) >= 11 is 5.89. The molecule has 0 saturated carbocycles. The summed E-state index contributed by atoms with van der Waals surface area (Å²) in [6.07, 6.45) is 0.0918. The minimum Gasteiger partial charge on any atom is -0.465 e. The van der Waals surface area contributed by atoms with E-state index in [2.05, 4.69) is 10.1 Å². The summed E-state index contributed by atoms with van der Waals surface area (Å²) in [5, 5.41) is 3.25. The summed E-state index contributed by atoms with van der Waals surface area (Å²) < 4.78 is 4.69. The Morgan fingerprint density at radius 3 is 2.50 bits per heavy atom. The first kappa shape index (κ1) is 19.5. The van der Waals surface area contributed by atoms with Crippen molar-refractivity contribution in [2.75, 3.05) is 23.9 Å². The molecule has 0 heterocycles. The van der Waals surface area contributed by atoms with Crippen LogP contribution in [-0.2, 0) is 14.3 Å². The molecule has 0 aliphatic carbocycles. The van der Waals surface area contributed by atoms with Gasteiger partial charge in [0, 0.05) is 36.3 Å². The van der Waals surface area contributed by atoms with Crippen LogP contribution in [0.4, 0.5) is 11.4 Å². The molecule has 26 heavy (non-hydrogen) atoms. The minimum atomic E-state index is -0.492. The Morgan fingerprint density at radius 2 is 1.85 bits per heavy atom. The molecule has 7 heteroatoms. The number of carbonyl (C=O) groups excluding carboxylic acids is 3. The third-order valence-corrected chi connectivity index (χ3v) is 3.86. The van der Waals surface area contributed by atoms with Gasteiger partial charge in [0.1, 0.15) is 0 Å². The van der Waals surface area contributed by atoms with Crippen molar-refractivity contribution in [2.24, 2.45) is 0 Å². The van der Waals surface area contributed by atoms with Crippen LogP contribution in [0.1, 0.15) is 23.7 Å². The van der Waals surface area contributed by atoms with Crippen LogP contribution in [-0.4, -0.2) is 31.4 Å². The van der Waals surface area contributed by atoms with Crippen molar-refractivity contribution >= 4 is 40.8 Å². The highest BCUT2D eigenvalue weighted by Crippen LogP contribution is 2.19. The SMILES string of the molecule is COC(=O)c1cccc(N(CCC(=O)Nc2cccc(Cl)c2)C(C)=O)c1. The number of rotatable bonds is 6. The van der Waals surface area contributed by atoms with Crippen LogP contribution in [0.25, 0.3) is 0 Å². The minimum absolute atomic E-state index is 0.0918. The van der Waals surface area contributed by atoms with Gasteiger partial charge in [-0.05, 0) is 36.4 Å². The van der Waals surface area contributed by atoms with E-state index in [1.165, 1.54) is 18.9 Å². The predicted molar refractivity (Wildman–Crippen MR) is 101 cm³/mol. The number of anilines is 2. The summed E-state index contributed by atoms with van der Waals surface area (Å²) in [7, 11) is 1.29. The van der Waals surface area contributed by atoms with Gasteiger partial charge in [0.25, 0.3) is 0 Å². The smallest absolute Gasteiger partial charge is 0.337 e. The zero-order valence-corrected chi connectivity index (χ0v) is 15.2. The third kappa shape index (κ3) is 5.32. The fourth-order valence-corrected chi connectivity index (χ4v) is 2.58. The molecule has 0 aliphatic heterocycles. The molecule has 0 radical (unpaired) electrons. The number of carbonyl (C=O) groups is 3. The van der Waals surface area contributed by atoms with Crippen molar-refractivity contribution in [1.29, 1.82) is 0 Å². The van der Waals surface area contributed by atoms with E-state index in [1.54, 1.807) is 48.5 Å². The number of ether oxygens (including phenoxy) is 1. The second-order valence-corrected chi connectivity index (χ2v) is 5.96. The zero-order valence-electron chi connectivity index (χ0n) is 14.5. The van der Waals surface area contributed by atoms with Crippen molar-refractivity contribution in [3.8, 4) is 0 Å². The van der Waals surface area contributed by atoms with Crippen LogP contribution < -0.4 is 10.2 Å². The van der Waals surface area contributed by atoms with Gasteiger partial charge >= 0.3 is 5.97 Å². The molecular weight excluding hydrogens is 356 g/mol. The second-order valence-electron chi connectivity index (χ2n) is 5.52. The van der Waals surface area contributed by atoms with Gasteiger partial charge in [0.15, 0.2) is 0 Å². The lowest BCUT2D eigenvalue weighted by Gasteiger charge is -2.21. The molecule has 0 atom stereocenters. The van der Waals surface area contributed by atoms with Crippen LogP contribution in [0.15, 0.2) is 48.5 Å². The Labute approximate surface area is 156 Å². The number of nitrogens with one attached hydrogen (secondary N) is 1. The van der Waals surface area contributed by atoms with Gasteiger partial charge in [-0.15, -0.1) is 0 Å². The summed E-state index contributed by atoms with van der Waals surface area (Å²) in [6, 6.07) is 13.3. The van der Waals surface area contributed by atoms with E-state index < -0.39 is 5.97 Å². The van der Waals surface area contributed by atoms with E-state index in [0.717, 1.165) is 0 Å².